The number of carbonyl (C=O) groups is 2. The maximum atomic E-state index is 12.0. The number of rotatable bonds is 2. The van der Waals surface area contributed by atoms with Crippen molar-refractivity contribution >= 4 is 11.9 Å². The molecule has 3 saturated heterocycles. The van der Waals surface area contributed by atoms with Gasteiger partial charge in [-0.1, -0.05) is 0 Å². The fourth-order valence-corrected chi connectivity index (χ4v) is 3.15. The summed E-state index contributed by atoms with van der Waals surface area (Å²) in [5.74, 6) is -0.0669. The zero-order valence-electron chi connectivity index (χ0n) is 10.5. The van der Waals surface area contributed by atoms with Crippen LogP contribution in [0.5, 0.6) is 0 Å². The van der Waals surface area contributed by atoms with E-state index in [1.165, 1.54) is 17.7 Å². The van der Waals surface area contributed by atoms with Gasteiger partial charge in [0.05, 0.1) is 6.54 Å². The van der Waals surface area contributed by atoms with Crippen molar-refractivity contribution in [2.45, 2.75) is 31.3 Å². The molecule has 18 heavy (non-hydrogen) atoms. The second-order valence-electron chi connectivity index (χ2n) is 5.44. The summed E-state index contributed by atoms with van der Waals surface area (Å²) in [6, 6.07) is 0.914. The number of amides is 3. The SMILES string of the molecule is O=C(CN1CCC2CCC(C1)N2)N1CCNC1=O. The molecule has 3 fully saturated rings. The van der Waals surface area contributed by atoms with Crippen LogP contribution in [0.2, 0.25) is 0 Å². The first-order valence-corrected chi connectivity index (χ1v) is 6.79. The lowest BCUT2D eigenvalue weighted by Crippen LogP contribution is -2.44. The monoisotopic (exact) mass is 252 g/mol. The van der Waals surface area contributed by atoms with Crippen molar-refractivity contribution in [3.63, 3.8) is 0 Å². The van der Waals surface area contributed by atoms with Gasteiger partial charge in [0.25, 0.3) is 0 Å². The van der Waals surface area contributed by atoms with Gasteiger partial charge in [0.15, 0.2) is 0 Å². The molecule has 0 saturated carbocycles. The Morgan fingerprint density at radius 1 is 1.22 bits per heavy atom. The highest BCUT2D eigenvalue weighted by Gasteiger charge is 2.32. The lowest BCUT2D eigenvalue weighted by molar-refractivity contribution is -0.128. The lowest BCUT2D eigenvalue weighted by atomic mass is 10.1. The number of fused-ring (bicyclic) bond motifs is 2. The first-order valence-electron chi connectivity index (χ1n) is 6.79. The highest BCUT2D eigenvalue weighted by Crippen LogP contribution is 2.20. The molecule has 6 heteroatoms. The van der Waals surface area contributed by atoms with Crippen LogP contribution in [0.3, 0.4) is 0 Å². The molecule has 2 N–H and O–H groups in total. The van der Waals surface area contributed by atoms with E-state index in [9.17, 15) is 9.59 Å². The average molecular weight is 252 g/mol. The van der Waals surface area contributed by atoms with Crippen LogP contribution < -0.4 is 10.6 Å². The summed E-state index contributed by atoms with van der Waals surface area (Å²) >= 11 is 0. The number of nitrogens with zero attached hydrogens (tertiary/aromatic N) is 2. The van der Waals surface area contributed by atoms with E-state index in [4.69, 9.17) is 0 Å². The quantitative estimate of drug-likeness (QED) is 0.686. The molecule has 3 aliphatic heterocycles. The maximum absolute atomic E-state index is 12.0. The molecule has 0 aromatic rings. The third-order valence-electron chi connectivity index (χ3n) is 4.12. The van der Waals surface area contributed by atoms with E-state index in [2.05, 4.69) is 15.5 Å². The van der Waals surface area contributed by atoms with E-state index in [0.29, 0.717) is 31.7 Å². The van der Waals surface area contributed by atoms with Gasteiger partial charge in [-0.25, -0.2) is 4.79 Å². The van der Waals surface area contributed by atoms with Crippen LogP contribution in [0.4, 0.5) is 4.79 Å². The highest BCUT2D eigenvalue weighted by atomic mass is 16.2. The topological polar surface area (TPSA) is 64.7 Å². The second-order valence-corrected chi connectivity index (χ2v) is 5.44. The Morgan fingerprint density at radius 2 is 2.06 bits per heavy atom. The van der Waals surface area contributed by atoms with E-state index < -0.39 is 0 Å². The number of nitrogens with one attached hydrogen (secondary N) is 2. The van der Waals surface area contributed by atoms with Crippen LogP contribution in [0, 0.1) is 0 Å². The van der Waals surface area contributed by atoms with Crippen LogP contribution in [0.15, 0.2) is 0 Å². The van der Waals surface area contributed by atoms with Gasteiger partial charge in [-0.05, 0) is 19.3 Å². The number of carbonyl (C=O) groups excluding carboxylic acids is 2. The van der Waals surface area contributed by atoms with E-state index >= 15 is 0 Å². The molecule has 0 aromatic heterocycles. The van der Waals surface area contributed by atoms with Gasteiger partial charge in [0.2, 0.25) is 5.91 Å². The maximum Gasteiger partial charge on any atom is 0.324 e. The summed E-state index contributed by atoms with van der Waals surface area (Å²) in [6.45, 7) is 3.35. The van der Waals surface area contributed by atoms with E-state index in [1.807, 2.05) is 0 Å². The van der Waals surface area contributed by atoms with Crippen LogP contribution >= 0.6 is 0 Å². The van der Waals surface area contributed by atoms with Gasteiger partial charge < -0.3 is 10.6 Å². The van der Waals surface area contributed by atoms with Gasteiger partial charge in [-0.3, -0.25) is 14.6 Å². The van der Waals surface area contributed by atoms with Gasteiger partial charge in [0, 0.05) is 38.3 Å². The summed E-state index contributed by atoms with van der Waals surface area (Å²) < 4.78 is 0. The van der Waals surface area contributed by atoms with Crippen molar-refractivity contribution in [1.82, 2.24) is 20.4 Å². The average Bonchev–Trinajstić information content (AvgIpc) is 2.88. The predicted octanol–water partition coefficient (Wildman–Crippen LogP) is -0.635. The third kappa shape index (κ3) is 2.35. The van der Waals surface area contributed by atoms with E-state index in [-0.39, 0.29) is 11.9 Å². The van der Waals surface area contributed by atoms with Crippen LogP contribution in [0.1, 0.15) is 19.3 Å². The second kappa shape index (κ2) is 4.85. The minimum absolute atomic E-state index is 0.0669. The van der Waals surface area contributed by atoms with Crippen LogP contribution in [-0.2, 0) is 4.79 Å². The summed E-state index contributed by atoms with van der Waals surface area (Å²) in [4.78, 5) is 27.0. The van der Waals surface area contributed by atoms with Gasteiger partial charge in [-0.2, -0.15) is 0 Å². The number of imide groups is 1. The Balaban J connectivity index is 1.56. The van der Waals surface area contributed by atoms with Crippen molar-refractivity contribution in [3.8, 4) is 0 Å². The molecule has 2 bridgehead atoms. The van der Waals surface area contributed by atoms with Crippen molar-refractivity contribution in [3.05, 3.63) is 0 Å². The van der Waals surface area contributed by atoms with Gasteiger partial charge in [0.1, 0.15) is 0 Å². The normalized spacial score (nSPS) is 32.4. The molecule has 0 aromatic carbocycles. The molecule has 0 radical (unpaired) electrons. The summed E-state index contributed by atoms with van der Waals surface area (Å²) in [5.41, 5.74) is 0. The van der Waals surface area contributed by atoms with Crippen LogP contribution in [-0.4, -0.2) is 66.5 Å². The van der Waals surface area contributed by atoms with Gasteiger partial charge >= 0.3 is 6.03 Å². The van der Waals surface area contributed by atoms with Crippen molar-refractivity contribution in [2.24, 2.45) is 0 Å². The molecule has 3 heterocycles. The Labute approximate surface area is 107 Å². The molecule has 0 spiro atoms. The largest absolute Gasteiger partial charge is 0.336 e. The molecular weight excluding hydrogens is 232 g/mol. The fourth-order valence-electron chi connectivity index (χ4n) is 3.15. The lowest BCUT2D eigenvalue weighted by Gasteiger charge is -2.24. The summed E-state index contributed by atoms with van der Waals surface area (Å²) in [5, 5.41) is 6.25. The molecule has 2 unspecified atom stereocenters. The van der Waals surface area contributed by atoms with E-state index in [0.717, 1.165) is 19.5 Å². The molecule has 2 atom stereocenters. The number of likely N-dealkylation sites (tertiary alicyclic amines) is 1. The molecule has 100 valence electrons. The Morgan fingerprint density at radius 3 is 2.83 bits per heavy atom. The molecule has 3 amide bonds. The molecule has 0 aliphatic carbocycles. The van der Waals surface area contributed by atoms with Crippen molar-refractivity contribution < 1.29 is 9.59 Å². The summed E-state index contributed by atoms with van der Waals surface area (Å²) in [6.07, 6.45) is 3.58. The minimum atomic E-state index is -0.241. The first kappa shape index (κ1) is 11.9. The van der Waals surface area contributed by atoms with Crippen LogP contribution in [0.25, 0.3) is 0 Å². The van der Waals surface area contributed by atoms with Crippen molar-refractivity contribution in [1.29, 1.82) is 0 Å². The zero-order valence-corrected chi connectivity index (χ0v) is 10.5. The minimum Gasteiger partial charge on any atom is -0.336 e. The smallest absolute Gasteiger partial charge is 0.324 e. The van der Waals surface area contributed by atoms with E-state index in [1.54, 1.807) is 0 Å². The Bertz CT molecular complexity index is 360. The highest BCUT2D eigenvalue weighted by molar-refractivity contribution is 5.96. The standard InChI is InChI=1S/C12H20N4O2/c17-11(16-6-4-13-12(16)18)8-15-5-3-9-1-2-10(7-15)14-9/h9-10,14H,1-8H2,(H,13,18). The number of hydrogen-bond acceptors (Lipinski definition) is 4. The fraction of sp³-hybridized carbons (Fsp3) is 0.833. The Hall–Kier alpha value is -1.14. The molecular formula is C12H20N4O2. The third-order valence-corrected chi connectivity index (χ3v) is 4.12. The predicted molar refractivity (Wildman–Crippen MR) is 66.1 cm³/mol. The molecule has 6 nitrogen and oxygen atoms in total. The first-order chi connectivity index (χ1) is 8.72. The Kier molecular flexibility index (Phi) is 3.22. The number of urea groups is 1. The molecule has 3 rings (SSSR count). The van der Waals surface area contributed by atoms with Gasteiger partial charge in [-0.15, -0.1) is 0 Å². The zero-order chi connectivity index (χ0) is 12.5. The number of hydrogen-bond donors (Lipinski definition) is 2. The molecule has 3 aliphatic rings. The summed E-state index contributed by atoms with van der Waals surface area (Å²) in [7, 11) is 0. The van der Waals surface area contributed by atoms with Crippen molar-refractivity contribution in [2.75, 3.05) is 32.7 Å².